The van der Waals surface area contributed by atoms with Crippen LogP contribution in [0.3, 0.4) is 0 Å². The quantitative estimate of drug-likeness (QED) is 0.518. The molecule has 0 aliphatic carbocycles. The first-order valence-corrected chi connectivity index (χ1v) is 10.8. The molecule has 1 aliphatic rings. The van der Waals surface area contributed by atoms with Crippen LogP contribution in [0.15, 0.2) is 47.4 Å². The van der Waals surface area contributed by atoms with Crippen molar-refractivity contribution in [2.45, 2.75) is 17.9 Å². The van der Waals surface area contributed by atoms with Gasteiger partial charge in [-0.3, -0.25) is 14.9 Å². The number of ether oxygens (including phenoxy) is 1. The Labute approximate surface area is 173 Å². The number of sulfonamides is 1. The number of nitrogens with two attached hydrogens (primary N) is 1. The van der Waals surface area contributed by atoms with Gasteiger partial charge in [0, 0.05) is 24.7 Å². The first-order chi connectivity index (χ1) is 14.2. The highest BCUT2D eigenvalue weighted by atomic mass is 32.2. The van der Waals surface area contributed by atoms with Gasteiger partial charge in [-0.25, -0.2) is 13.6 Å². The number of rotatable bonds is 6. The van der Waals surface area contributed by atoms with Gasteiger partial charge in [-0.1, -0.05) is 12.1 Å². The molecule has 1 atom stereocenters. The van der Waals surface area contributed by atoms with Crippen LogP contribution >= 0.6 is 0 Å². The maximum Gasteiger partial charge on any atom is 0.293 e. The largest absolute Gasteiger partial charge is 0.378 e. The summed E-state index contributed by atoms with van der Waals surface area (Å²) in [4.78, 5) is 25.5. The standard InChI is InChI=1S/C19H22N4O6S/c1-13(14-2-5-16(6-3-14)30(20,27)28)21-19(24)15-4-7-17(18(12-15)23(25)26)22-8-10-29-11-9-22/h2-7,12-13H,8-11H2,1H3,(H,21,24)(H2,20,27,28). The average Bonchev–Trinajstić information content (AvgIpc) is 2.73. The molecule has 0 aromatic heterocycles. The van der Waals surface area contributed by atoms with Gasteiger partial charge < -0.3 is 15.0 Å². The molecule has 160 valence electrons. The van der Waals surface area contributed by atoms with Crippen molar-refractivity contribution < 1.29 is 22.9 Å². The highest BCUT2D eigenvalue weighted by Gasteiger charge is 2.24. The molecule has 3 rings (SSSR count). The summed E-state index contributed by atoms with van der Waals surface area (Å²) < 4.78 is 28.0. The molecule has 0 spiro atoms. The van der Waals surface area contributed by atoms with Crippen LogP contribution in [0.25, 0.3) is 0 Å². The maximum atomic E-state index is 12.6. The highest BCUT2D eigenvalue weighted by Crippen LogP contribution is 2.30. The van der Waals surface area contributed by atoms with Crippen LogP contribution in [0.1, 0.15) is 28.9 Å². The Kier molecular flexibility index (Phi) is 6.34. The van der Waals surface area contributed by atoms with Gasteiger partial charge in [0.2, 0.25) is 10.0 Å². The Balaban J connectivity index is 1.77. The SMILES string of the molecule is CC(NC(=O)c1ccc(N2CCOCC2)c([N+](=O)[O-])c1)c1ccc(S(N)(=O)=O)cc1. The molecule has 1 amide bonds. The fourth-order valence-corrected chi connectivity index (χ4v) is 3.71. The number of nitrogens with zero attached hydrogens (tertiary/aromatic N) is 2. The van der Waals surface area contributed by atoms with E-state index in [9.17, 15) is 23.3 Å². The van der Waals surface area contributed by atoms with Gasteiger partial charge in [0.05, 0.1) is 29.1 Å². The number of hydrogen-bond acceptors (Lipinski definition) is 7. The van der Waals surface area contributed by atoms with E-state index in [1.54, 1.807) is 31.2 Å². The number of hydrogen-bond donors (Lipinski definition) is 2. The van der Waals surface area contributed by atoms with E-state index < -0.39 is 26.9 Å². The van der Waals surface area contributed by atoms with Crippen molar-refractivity contribution >= 4 is 27.3 Å². The Bertz CT molecular complexity index is 1050. The van der Waals surface area contributed by atoms with Crippen LogP contribution in [0.4, 0.5) is 11.4 Å². The average molecular weight is 434 g/mol. The lowest BCUT2D eigenvalue weighted by molar-refractivity contribution is -0.384. The third-order valence-corrected chi connectivity index (χ3v) is 5.77. The molecule has 0 bridgehead atoms. The molecule has 10 nitrogen and oxygen atoms in total. The molecule has 1 aliphatic heterocycles. The second kappa shape index (κ2) is 8.78. The number of amides is 1. The Morgan fingerprint density at radius 1 is 1.20 bits per heavy atom. The highest BCUT2D eigenvalue weighted by molar-refractivity contribution is 7.89. The van der Waals surface area contributed by atoms with Crippen LogP contribution < -0.4 is 15.4 Å². The molecule has 1 saturated heterocycles. The van der Waals surface area contributed by atoms with Crippen LogP contribution in [0.2, 0.25) is 0 Å². The predicted octanol–water partition coefficient (Wildman–Crippen LogP) is 1.57. The number of nitrogens with one attached hydrogen (secondary N) is 1. The number of nitro benzene ring substituents is 1. The van der Waals surface area contributed by atoms with Crippen molar-refractivity contribution in [1.82, 2.24) is 5.32 Å². The summed E-state index contributed by atoms with van der Waals surface area (Å²) in [7, 11) is -3.80. The van der Waals surface area contributed by atoms with E-state index in [0.29, 0.717) is 37.6 Å². The van der Waals surface area contributed by atoms with Gasteiger partial charge in [-0.15, -0.1) is 0 Å². The van der Waals surface area contributed by atoms with E-state index >= 15 is 0 Å². The summed E-state index contributed by atoms with van der Waals surface area (Å²) in [5.74, 6) is -0.477. The van der Waals surface area contributed by atoms with E-state index in [-0.39, 0.29) is 16.1 Å². The number of primary sulfonamides is 1. The minimum Gasteiger partial charge on any atom is -0.378 e. The van der Waals surface area contributed by atoms with Gasteiger partial charge in [-0.05, 0) is 36.8 Å². The summed E-state index contributed by atoms with van der Waals surface area (Å²) in [6.07, 6.45) is 0. The molecule has 0 radical (unpaired) electrons. The third kappa shape index (κ3) is 4.93. The fraction of sp³-hybridized carbons (Fsp3) is 0.316. The van der Waals surface area contributed by atoms with Crippen LogP contribution in [0, 0.1) is 10.1 Å². The van der Waals surface area contributed by atoms with Crippen LogP contribution in [0.5, 0.6) is 0 Å². The molecule has 1 heterocycles. The molecular weight excluding hydrogens is 412 g/mol. The normalized spacial score (nSPS) is 15.5. The monoisotopic (exact) mass is 434 g/mol. The summed E-state index contributed by atoms with van der Waals surface area (Å²) in [5, 5.41) is 19.4. The number of carbonyl (C=O) groups excluding carboxylic acids is 1. The zero-order chi connectivity index (χ0) is 21.9. The molecule has 30 heavy (non-hydrogen) atoms. The summed E-state index contributed by atoms with van der Waals surface area (Å²) in [6.45, 7) is 3.78. The minimum atomic E-state index is -3.80. The Morgan fingerprint density at radius 3 is 2.40 bits per heavy atom. The van der Waals surface area contributed by atoms with Gasteiger partial charge in [-0.2, -0.15) is 0 Å². The van der Waals surface area contributed by atoms with Crippen LogP contribution in [-0.2, 0) is 14.8 Å². The lowest BCUT2D eigenvalue weighted by Gasteiger charge is -2.28. The topological polar surface area (TPSA) is 145 Å². The van der Waals surface area contributed by atoms with Crippen molar-refractivity contribution in [2.75, 3.05) is 31.2 Å². The minimum absolute atomic E-state index is 0.0286. The van der Waals surface area contributed by atoms with Crippen molar-refractivity contribution in [1.29, 1.82) is 0 Å². The van der Waals surface area contributed by atoms with E-state index in [0.717, 1.165) is 0 Å². The van der Waals surface area contributed by atoms with Gasteiger partial charge in [0.1, 0.15) is 5.69 Å². The zero-order valence-corrected chi connectivity index (χ0v) is 17.1. The first-order valence-electron chi connectivity index (χ1n) is 9.21. The predicted molar refractivity (Wildman–Crippen MR) is 110 cm³/mol. The third-order valence-electron chi connectivity index (χ3n) is 4.84. The molecule has 2 aromatic carbocycles. The van der Waals surface area contributed by atoms with Crippen molar-refractivity contribution in [3.05, 3.63) is 63.7 Å². The molecule has 3 N–H and O–H groups in total. The number of nitro groups is 1. The maximum absolute atomic E-state index is 12.6. The molecule has 1 unspecified atom stereocenters. The van der Waals surface area contributed by atoms with Gasteiger partial charge in [0.25, 0.3) is 11.6 Å². The smallest absolute Gasteiger partial charge is 0.293 e. The second-order valence-electron chi connectivity index (χ2n) is 6.87. The van der Waals surface area contributed by atoms with Gasteiger partial charge in [0.15, 0.2) is 0 Å². The number of anilines is 1. The zero-order valence-electron chi connectivity index (χ0n) is 16.3. The molecule has 0 saturated carbocycles. The van der Waals surface area contributed by atoms with E-state index in [1.807, 2.05) is 4.90 Å². The van der Waals surface area contributed by atoms with Crippen LogP contribution in [-0.4, -0.2) is 45.6 Å². The Hall–Kier alpha value is -3.02. The molecular formula is C19H22N4O6S. The van der Waals surface area contributed by atoms with E-state index in [2.05, 4.69) is 5.32 Å². The summed E-state index contributed by atoms with van der Waals surface area (Å²) >= 11 is 0. The Morgan fingerprint density at radius 2 is 1.83 bits per heavy atom. The van der Waals surface area contributed by atoms with Crippen molar-refractivity contribution in [3.63, 3.8) is 0 Å². The lowest BCUT2D eigenvalue weighted by atomic mass is 10.1. The van der Waals surface area contributed by atoms with Gasteiger partial charge >= 0.3 is 0 Å². The number of carbonyl (C=O) groups is 1. The fourth-order valence-electron chi connectivity index (χ4n) is 3.19. The van der Waals surface area contributed by atoms with E-state index in [4.69, 9.17) is 9.88 Å². The van der Waals surface area contributed by atoms with Crippen molar-refractivity contribution in [3.8, 4) is 0 Å². The molecule has 2 aromatic rings. The number of benzene rings is 2. The summed E-state index contributed by atoms with van der Waals surface area (Å²) in [6, 6.07) is 9.74. The molecule has 1 fully saturated rings. The summed E-state index contributed by atoms with van der Waals surface area (Å²) in [5.41, 5.74) is 1.13. The first kappa shape index (κ1) is 21.7. The van der Waals surface area contributed by atoms with E-state index in [1.165, 1.54) is 18.2 Å². The number of morpholine rings is 1. The van der Waals surface area contributed by atoms with Crippen molar-refractivity contribution in [2.24, 2.45) is 5.14 Å². The molecule has 11 heteroatoms. The lowest BCUT2D eigenvalue weighted by Crippen LogP contribution is -2.36. The second-order valence-corrected chi connectivity index (χ2v) is 8.43.